The summed E-state index contributed by atoms with van der Waals surface area (Å²) in [5.41, 5.74) is 2.96. The van der Waals surface area contributed by atoms with Crippen molar-refractivity contribution >= 4 is 23.3 Å². The lowest BCUT2D eigenvalue weighted by Crippen LogP contribution is -2.30. The molecule has 0 bridgehead atoms. The second-order valence-corrected chi connectivity index (χ2v) is 6.94. The first-order valence-electron chi connectivity index (χ1n) is 9.29. The molecule has 1 aromatic heterocycles. The fourth-order valence-corrected chi connectivity index (χ4v) is 2.89. The van der Waals surface area contributed by atoms with Crippen molar-refractivity contribution in [3.8, 4) is 5.69 Å². The van der Waals surface area contributed by atoms with Gasteiger partial charge in [-0.25, -0.2) is 13.9 Å². The number of hydrogen-bond acceptors (Lipinski definition) is 3. The van der Waals surface area contributed by atoms with Crippen molar-refractivity contribution in [1.82, 2.24) is 15.1 Å². The van der Waals surface area contributed by atoms with Crippen molar-refractivity contribution in [3.63, 3.8) is 0 Å². The van der Waals surface area contributed by atoms with E-state index in [9.17, 15) is 14.0 Å². The monoisotopic (exact) mass is 393 g/mol. The van der Waals surface area contributed by atoms with Gasteiger partial charge in [0.1, 0.15) is 5.82 Å². The molecule has 2 aromatic carbocycles. The highest BCUT2D eigenvalue weighted by atomic mass is 19.1. The number of halogens is 1. The van der Waals surface area contributed by atoms with Crippen LogP contribution in [0.1, 0.15) is 28.9 Å². The first-order valence-corrected chi connectivity index (χ1v) is 9.29. The zero-order valence-electron chi connectivity index (χ0n) is 15.8. The molecule has 4 rings (SSSR count). The van der Waals surface area contributed by atoms with Gasteiger partial charge in [-0.1, -0.05) is 0 Å². The normalized spacial score (nSPS) is 13.0. The van der Waals surface area contributed by atoms with Crippen molar-refractivity contribution < 1.29 is 14.0 Å². The van der Waals surface area contributed by atoms with Gasteiger partial charge in [0.2, 0.25) is 0 Å². The third-order valence-corrected chi connectivity index (χ3v) is 4.64. The molecule has 0 saturated heterocycles. The molecule has 148 valence electrons. The van der Waals surface area contributed by atoms with Crippen LogP contribution in [-0.2, 0) is 0 Å². The van der Waals surface area contributed by atoms with E-state index in [0.29, 0.717) is 28.3 Å². The third-order valence-electron chi connectivity index (χ3n) is 4.64. The highest BCUT2D eigenvalue weighted by Gasteiger charge is 2.23. The first-order chi connectivity index (χ1) is 14.0. The van der Waals surface area contributed by atoms with Gasteiger partial charge in [0.25, 0.3) is 5.91 Å². The van der Waals surface area contributed by atoms with E-state index >= 15 is 0 Å². The summed E-state index contributed by atoms with van der Waals surface area (Å²) in [5, 5.41) is 12.7. The molecular weight excluding hydrogens is 373 g/mol. The average molecular weight is 393 g/mol. The average Bonchev–Trinajstić information content (AvgIpc) is 3.43. The molecule has 3 N–H and O–H groups in total. The molecule has 1 aliphatic carbocycles. The summed E-state index contributed by atoms with van der Waals surface area (Å²) in [6.45, 7) is 1.77. The maximum Gasteiger partial charge on any atom is 0.319 e. The summed E-state index contributed by atoms with van der Waals surface area (Å²) >= 11 is 0. The van der Waals surface area contributed by atoms with Crippen LogP contribution in [0.5, 0.6) is 0 Å². The molecule has 1 aliphatic rings. The van der Waals surface area contributed by atoms with E-state index in [-0.39, 0.29) is 23.8 Å². The van der Waals surface area contributed by atoms with Crippen LogP contribution in [-0.4, -0.2) is 27.8 Å². The van der Waals surface area contributed by atoms with Gasteiger partial charge < -0.3 is 16.0 Å². The number of carbonyl (C=O) groups excluding carboxylic acids is 2. The van der Waals surface area contributed by atoms with E-state index in [1.807, 2.05) is 0 Å². The number of nitrogens with zero attached hydrogens (tertiary/aromatic N) is 2. The minimum Gasteiger partial charge on any atom is -0.335 e. The van der Waals surface area contributed by atoms with E-state index in [1.165, 1.54) is 18.3 Å². The molecule has 8 heteroatoms. The van der Waals surface area contributed by atoms with Crippen molar-refractivity contribution in [2.75, 3.05) is 10.6 Å². The topological polar surface area (TPSA) is 88.1 Å². The summed E-state index contributed by atoms with van der Waals surface area (Å²) in [6, 6.07) is 12.8. The molecule has 0 unspecified atom stereocenters. The minimum absolute atomic E-state index is 0.229. The Hall–Kier alpha value is -3.68. The number of benzene rings is 2. The number of urea groups is 1. The van der Waals surface area contributed by atoms with Crippen LogP contribution in [0, 0.1) is 12.7 Å². The van der Waals surface area contributed by atoms with Gasteiger partial charge in [-0.05, 0) is 68.3 Å². The van der Waals surface area contributed by atoms with Gasteiger partial charge in [0, 0.05) is 17.4 Å². The summed E-state index contributed by atoms with van der Waals surface area (Å²) in [6.07, 6.45) is 3.53. The van der Waals surface area contributed by atoms with Gasteiger partial charge >= 0.3 is 6.03 Å². The number of anilines is 2. The van der Waals surface area contributed by atoms with E-state index in [2.05, 4.69) is 21.0 Å². The maximum absolute atomic E-state index is 13.1. The van der Waals surface area contributed by atoms with Crippen LogP contribution in [0.2, 0.25) is 0 Å². The van der Waals surface area contributed by atoms with E-state index in [0.717, 1.165) is 12.8 Å². The van der Waals surface area contributed by atoms with Crippen molar-refractivity contribution in [2.45, 2.75) is 25.8 Å². The molecule has 0 radical (unpaired) electrons. The number of rotatable bonds is 5. The van der Waals surface area contributed by atoms with Gasteiger partial charge in [-0.3, -0.25) is 4.79 Å². The Kier molecular flexibility index (Phi) is 4.99. The van der Waals surface area contributed by atoms with Crippen LogP contribution in [0.3, 0.4) is 0 Å². The largest absolute Gasteiger partial charge is 0.335 e. The zero-order valence-corrected chi connectivity index (χ0v) is 15.8. The lowest BCUT2D eigenvalue weighted by atomic mass is 10.2. The SMILES string of the molecule is Cc1c(C(=O)Nc2ccc(NC(=O)NC3CC3)cc2)cnn1-c1ccc(F)cc1. The molecule has 3 aromatic rings. The highest BCUT2D eigenvalue weighted by molar-refractivity contribution is 6.05. The molecule has 3 amide bonds. The molecular formula is C21H20FN5O2. The number of nitrogens with one attached hydrogen (secondary N) is 3. The summed E-state index contributed by atoms with van der Waals surface area (Å²) in [4.78, 5) is 24.4. The Balaban J connectivity index is 1.41. The highest BCUT2D eigenvalue weighted by Crippen LogP contribution is 2.20. The predicted octanol–water partition coefficient (Wildman–Crippen LogP) is 3.86. The van der Waals surface area contributed by atoms with Crippen LogP contribution < -0.4 is 16.0 Å². The molecule has 29 heavy (non-hydrogen) atoms. The fraction of sp³-hybridized carbons (Fsp3) is 0.190. The van der Waals surface area contributed by atoms with E-state index in [1.54, 1.807) is 48.0 Å². The minimum atomic E-state index is -0.334. The van der Waals surface area contributed by atoms with Gasteiger partial charge in [-0.15, -0.1) is 0 Å². The van der Waals surface area contributed by atoms with Crippen molar-refractivity contribution in [3.05, 3.63) is 71.8 Å². The van der Waals surface area contributed by atoms with Gasteiger partial charge in [-0.2, -0.15) is 5.10 Å². The lowest BCUT2D eigenvalue weighted by Gasteiger charge is -2.09. The zero-order chi connectivity index (χ0) is 20.4. The second kappa shape index (κ2) is 7.75. The molecule has 0 atom stereocenters. The summed E-state index contributed by atoms with van der Waals surface area (Å²) in [5.74, 6) is -0.637. The fourth-order valence-electron chi connectivity index (χ4n) is 2.89. The number of hydrogen-bond donors (Lipinski definition) is 3. The standard InChI is InChI=1S/C21H20FN5O2/c1-13-19(12-23-27(13)18-10-2-14(22)3-11-18)20(28)24-15-4-6-16(7-5-15)25-21(29)26-17-8-9-17/h2-7,10-12,17H,8-9H2,1H3,(H,24,28)(H2,25,26,29). The Morgan fingerprint density at radius 1 is 1.00 bits per heavy atom. The van der Waals surface area contributed by atoms with Crippen molar-refractivity contribution in [2.24, 2.45) is 0 Å². The second-order valence-electron chi connectivity index (χ2n) is 6.94. The smallest absolute Gasteiger partial charge is 0.319 e. The molecule has 1 saturated carbocycles. The predicted molar refractivity (Wildman–Crippen MR) is 108 cm³/mol. The summed E-state index contributed by atoms with van der Waals surface area (Å²) in [7, 11) is 0. The quantitative estimate of drug-likeness (QED) is 0.615. The van der Waals surface area contributed by atoms with Gasteiger partial charge in [0.05, 0.1) is 23.1 Å². The van der Waals surface area contributed by atoms with Crippen LogP contribution >= 0.6 is 0 Å². The van der Waals surface area contributed by atoms with Crippen LogP contribution in [0.15, 0.2) is 54.7 Å². The van der Waals surface area contributed by atoms with Crippen LogP contribution in [0.4, 0.5) is 20.6 Å². The molecule has 7 nitrogen and oxygen atoms in total. The third kappa shape index (κ3) is 4.43. The summed E-state index contributed by atoms with van der Waals surface area (Å²) < 4.78 is 14.7. The molecule has 1 heterocycles. The van der Waals surface area contributed by atoms with E-state index < -0.39 is 0 Å². The lowest BCUT2D eigenvalue weighted by molar-refractivity contribution is 0.102. The number of aromatic nitrogens is 2. The number of amides is 3. The molecule has 1 fully saturated rings. The Bertz CT molecular complexity index is 1040. The van der Waals surface area contributed by atoms with E-state index in [4.69, 9.17) is 0 Å². The molecule has 0 spiro atoms. The molecule has 0 aliphatic heterocycles. The van der Waals surface area contributed by atoms with Crippen LogP contribution in [0.25, 0.3) is 5.69 Å². The van der Waals surface area contributed by atoms with Gasteiger partial charge in [0.15, 0.2) is 0 Å². The Labute approximate surface area is 166 Å². The maximum atomic E-state index is 13.1. The first kappa shape index (κ1) is 18.7. The Morgan fingerprint density at radius 3 is 2.24 bits per heavy atom. The Morgan fingerprint density at radius 2 is 1.62 bits per heavy atom. The number of carbonyl (C=O) groups is 2. The van der Waals surface area contributed by atoms with Crippen molar-refractivity contribution in [1.29, 1.82) is 0 Å².